The quantitative estimate of drug-likeness (QED) is 0.306. The van der Waals surface area contributed by atoms with Gasteiger partial charge in [0.2, 0.25) is 0 Å². The van der Waals surface area contributed by atoms with E-state index >= 15 is 0 Å². The maximum absolute atomic E-state index is 13.0. The van der Waals surface area contributed by atoms with Gasteiger partial charge in [-0.15, -0.1) is 0 Å². The second kappa shape index (κ2) is 11.0. The number of hydrogen-bond acceptors (Lipinski definition) is 5. The molecule has 174 valence electrons. The first-order valence-corrected chi connectivity index (χ1v) is 11.8. The largest absolute Gasteiger partial charge is 0.492 e. The Hall–Kier alpha value is -3.00. The molecule has 0 saturated carbocycles. The van der Waals surface area contributed by atoms with Gasteiger partial charge in [0.05, 0.1) is 21.5 Å². The maximum Gasteiger partial charge on any atom is 0.293 e. The minimum atomic E-state index is -0.377. The highest BCUT2D eigenvalue weighted by Crippen LogP contribution is 2.32. The molecule has 0 N–H and O–H groups in total. The standard InChI is InChI=1S/C25H18Cl2FNO4S/c26-21-10-3-17(13-22(21)27)15-33-20-6-1-16(2-7-20)14-23-24(30)29(25(31)34-23)11-12-32-19-8-4-18(28)5-9-19/h1-10,13-14H,11-12,15H2/b23-14-. The minimum absolute atomic E-state index is 0.0981. The number of rotatable bonds is 8. The summed E-state index contributed by atoms with van der Waals surface area (Å²) in [4.78, 5) is 26.4. The molecule has 0 unspecified atom stereocenters. The molecule has 5 nitrogen and oxygen atoms in total. The van der Waals surface area contributed by atoms with Crippen LogP contribution in [0.2, 0.25) is 10.0 Å². The molecule has 34 heavy (non-hydrogen) atoms. The molecule has 1 fully saturated rings. The summed E-state index contributed by atoms with van der Waals surface area (Å²) < 4.78 is 24.2. The molecule has 4 rings (SSSR count). The molecule has 0 aliphatic carbocycles. The zero-order valence-electron chi connectivity index (χ0n) is 17.7. The number of hydrogen-bond donors (Lipinski definition) is 0. The summed E-state index contributed by atoms with van der Waals surface area (Å²) in [6.45, 7) is 0.539. The van der Waals surface area contributed by atoms with E-state index in [0.717, 1.165) is 27.8 Å². The molecular formula is C25H18Cl2FNO4S. The number of carbonyl (C=O) groups is 2. The molecule has 1 heterocycles. The van der Waals surface area contributed by atoms with Crippen LogP contribution in [0, 0.1) is 5.82 Å². The van der Waals surface area contributed by atoms with Gasteiger partial charge in [-0.25, -0.2) is 4.39 Å². The zero-order chi connectivity index (χ0) is 24.1. The van der Waals surface area contributed by atoms with Gasteiger partial charge in [-0.3, -0.25) is 14.5 Å². The van der Waals surface area contributed by atoms with Gasteiger partial charge in [-0.2, -0.15) is 0 Å². The van der Waals surface area contributed by atoms with Gasteiger partial charge in [-0.1, -0.05) is 41.4 Å². The van der Waals surface area contributed by atoms with E-state index in [1.54, 1.807) is 42.5 Å². The summed E-state index contributed by atoms with van der Waals surface area (Å²) in [5.74, 6) is 0.367. The number of imide groups is 1. The Labute approximate surface area is 210 Å². The molecular weight excluding hydrogens is 500 g/mol. The monoisotopic (exact) mass is 517 g/mol. The van der Waals surface area contributed by atoms with Crippen molar-refractivity contribution in [3.8, 4) is 11.5 Å². The van der Waals surface area contributed by atoms with Crippen molar-refractivity contribution in [2.75, 3.05) is 13.2 Å². The lowest BCUT2D eigenvalue weighted by atomic mass is 10.2. The predicted molar refractivity (Wildman–Crippen MR) is 132 cm³/mol. The fourth-order valence-electron chi connectivity index (χ4n) is 3.09. The van der Waals surface area contributed by atoms with E-state index in [-0.39, 0.29) is 30.1 Å². The fraction of sp³-hybridized carbons (Fsp3) is 0.120. The van der Waals surface area contributed by atoms with Gasteiger partial charge in [0, 0.05) is 0 Å². The first kappa shape index (κ1) is 24.1. The predicted octanol–water partition coefficient (Wildman–Crippen LogP) is 6.83. The zero-order valence-corrected chi connectivity index (χ0v) is 20.0. The third-order valence-corrected chi connectivity index (χ3v) is 6.48. The summed E-state index contributed by atoms with van der Waals surface area (Å²) in [5.41, 5.74) is 1.64. The highest BCUT2D eigenvalue weighted by atomic mass is 35.5. The summed E-state index contributed by atoms with van der Waals surface area (Å²) >= 11 is 12.8. The highest BCUT2D eigenvalue weighted by Gasteiger charge is 2.34. The summed E-state index contributed by atoms with van der Waals surface area (Å²) in [7, 11) is 0. The van der Waals surface area contributed by atoms with Crippen LogP contribution in [-0.4, -0.2) is 29.2 Å². The Balaban J connectivity index is 1.32. The van der Waals surface area contributed by atoms with Crippen LogP contribution in [0.15, 0.2) is 71.6 Å². The van der Waals surface area contributed by atoms with Crippen molar-refractivity contribution >= 4 is 52.2 Å². The van der Waals surface area contributed by atoms with Crippen molar-refractivity contribution in [2.45, 2.75) is 6.61 Å². The van der Waals surface area contributed by atoms with Gasteiger partial charge in [0.25, 0.3) is 11.1 Å². The molecule has 0 bridgehead atoms. The van der Waals surface area contributed by atoms with E-state index in [2.05, 4.69) is 0 Å². The molecule has 0 radical (unpaired) electrons. The lowest BCUT2D eigenvalue weighted by Gasteiger charge is -2.13. The molecule has 0 spiro atoms. The molecule has 3 aromatic carbocycles. The Morgan fingerprint density at radius 1 is 0.882 bits per heavy atom. The topological polar surface area (TPSA) is 55.8 Å². The Morgan fingerprint density at radius 2 is 1.56 bits per heavy atom. The van der Waals surface area contributed by atoms with Crippen LogP contribution in [-0.2, 0) is 11.4 Å². The van der Waals surface area contributed by atoms with Crippen molar-refractivity contribution in [3.63, 3.8) is 0 Å². The Kier molecular flexibility index (Phi) is 7.77. The number of nitrogens with zero attached hydrogens (tertiary/aromatic N) is 1. The average Bonchev–Trinajstić information content (AvgIpc) is 3.09. The van der Waals surface area contributed by atoms with Crippen LogP contribution in [0.25, 0.3) is 6.08 Å². The molecule has 2 amide bonds. The maximum atomic E-state index is 13.0. The number of amides is 2. The molecule has 9 heteroatoms. The first-order valence-electron chi connectivity index (χ1n) is 10.2. The highest BCUT2D eigenvalue weighted by molar-refractivity contribution is 8.18. The van der Waals surface area contributed by atoms with Crippen LogP contribution >= 0.6 is 35.0 Å². The Morgan fingerprint density at radius 3 is 2.26 bits per heavy atom. The van der Waals surface area contributed by atoms with Crippen molar-refractivity contribution in [1.82, 2.24) is 4.90 Å². The molecule has 0 aromatic heterocycles. The minimum Gasteiger partial charge on any atom is -0.492 e. The number of carbonyl (C=O) groups excluding carboxylic acids is 2. The van der Waals surface area contributed by atoms with Crippen LogP contribution in [0.1, 0.15) is 11.1 Å². The van der Waals surface area contributed by atoms with E-state index in [1.807, 2.05) is 6.07 Å². The van der Waals surface area contributed by atoms with Gasteiger partial charge < -0.3 is 9.47 Å². The van der Waals surface area contributed by atoms with Gasteiger partial charge in [0.15, 0.2) is 0 Å². The van der Waals surface area contributed by atoms with Gasteiger partial charge in [-0.05, 0) is 77.5 Å². The number of thioether (sulfide) groups is 1. The lowest BCUT2D eigenvalue weighted by Crippen LogP contribution is -2.32. The molecule has 3 aromatic rings. The molecule has 1 aliphatic rings. The van der Waals surface area contributed by atoms with E-state index in [4.69, 9.17) is 32.7 Å². The van der Waals surface area contributed by atoms with Crippen LogP contribution in [0.4, 0.5) is 9.18 Å². The number of ether oxygens (including phenoxy) is 2. The lowest BCUT2D eigenvalue weighted by molar-refractivity contribution is -0.123. The average molecular weight is 518 g/mol. The fourth-order valence-corrected chi connectivity index (χ4v) is 4.27. The summed E-state index contributed by atoms with van der Waals surface area (Å²) in [6, 6.07) is 18.0. The smallest absolute Gasteiger partial charge is 0.293 e. The summed E-state index contributed by atoms with van der Waals surface area (Å²) in [5, 5.41) is 0.592. The van der Waals surface area contributed by atoms with Crippen molar-refractivity contribution in [3.05, 3.63) is 98.6 Å². The van der Waals surface area contributed by atoms with E-state index < -0.39 is 0 Å². The second-order valence-corrected chi connectivity index (χ2v) is 9.05. The van der Waals surface area contributed by atoms with Gasteiger partial charge >= 0.3 is 0 Å². The molecule has 1 saturated heterocycles. The van der Waals surface area contributed by atoms with Crippen molar-refractivity contribution in [2.24, 2.45) is 0 Å². The van der Waals surface area contributed by atoms with Crippen LogP contribution in [0.5, 0.6) is 11.5 Å². The van der Waals surface area contributed by atoms with Crippen LogP contribution in [0.3, 0.4) is 0 Å². The van der Waals surface area contributed by atoms with E-state index in [0.29, 0.717) is 33.1 Å². The molecule has 0 atom stereocenters. The third-order valence-electron chi connectivity index (χ3n) is 4.84. The van der Waals surface area contributed by atoms with Crippen LogP contribution < -0.4 is 9.47 Å². The van der Waals surface area contributed by atoms with Crippen molar-refractivity contribution in [1.29, 1.82) is 0 Å². The second-order valence-electron chi connectivity index (χ2n) is 7.24. The number of halogens is 3. The number of benzene rings is 3. The van der Waals surface area contributed by atoms with E-state index in [9.17, 15) is 14.0 Å². The molecule has 1 aliphatic heterocycles. The SMILES string of the molecule is O=C1S/C(=C\c2ccc(OCc3ccc(Cl)c(Cl)c3)cc2)C(=O)N1CCOc1ccc(F)cc1. The summed E-state index contributed by atoms with van der Waals surface area (Å²) in [6.07, 6.45) is 1.66. The normalized spacial score (nSPS) is 14.7. The van der Waals surface area contributed by atoms with E-state index in [1.165, 1.54) is 24.3 Å². The Bertz CT molecular complexity index is 1230. The van der Waals surface area contributed by atoms with Gasteiger partial charge in [0.1, 0.15) is 30.5 Å². The third kappa shape index (κ3) is 6.11. The van der Waals surface area contributed by atoms with Crippen molar-refractivity contribution < 1.29 is 23.5 Å². The first-order chi connectivity index (χ1) is 16.4.